The van der Waals surface area contributed by atoms with Gasteiger partial charge in [0, 0.05) is 13.1 Å². The maximum atomic E-state index is 11.8. The Labute approximate surface area is 146 Å². The van der Waals surface area contributed by atoms with E-state index in [0.717, 1.165) is 11.1 Å². The average molecular weight is 339 g/mol. The summed E-state index contributed by atoms with van der Waals surface area (Å²) in [7, 11) is 0. The third-order valence-electron chi connectivity index (χ3n) is 3.90. The van der Waals surface area contributed by atoms with E-state index in [2.05, 4.69) is 16.0 Å². The fraction of sp³-hybridized carbons (Fsp3) is 0.263. The number of hydrogen-bond donors (Lipinski definition) is 3. The molecule has 1 aliphatic heterocycles. The molecular formula is C19H21N3O3. The molecule has 0 saturated carbocycles. The van der Waals surface area contributed by atoms with Crippen LogP contribution in [0.2, 0.25) is 0 Å². The predicted octanol–water partition coefficient (Wildman–Crippen LogP) is 2.45. The first kappa shape index (κ1) is 16.8. The highest BCUT2D eigenvalue weighted by Crippen LogP contribution is 2.28. The molecule has 0 spiro atoms. The summed E-state index contributed by atoms with van der Waals surface area (Å²) in [5, 5.41) is 8.49. The lowest BCUT2D eigenvalue weighted by Gasteiger charge is -2.10. The van der Waals surface area contributed by atoms with Crippen molar-refractivity contribution in [3.8, 4) is 5.75 Å². The Balaban J connectivity index is 1.45. The van der Waals surface area contributed by atoms with Crippen molar-refractivity contribution in [3.05, 3.63) is 59.7 Å². The van der Waals surface area contributed by atoms with Gasteiger partial charge in [-0.25, -0.2) is 4.79 Å². The van der Waals surface area contributed by atoms with Crippen molar-refractivity contribution >= 4 is 17.6 Å². The Hall–Kier alpha value is -3.02. The van der Waals surface area contributed by atoms with Crippen LogP contribution in [-0.4, -0.2) is 25.1 Å². The summed E-state index contributed by atoms with van der Waals surface area (Å²) < 4.78 is 5.53. The van der Waals surface area contributed by atoms with Crippen molar-refractivity contribution in [2.24, 2.45) is 0 Å². The molecule has 6 heteroatoms. The highest BCUT2D eigenvalue weighted by atomic mass is 16.5. The molecule has 0 unspecified atom stereocenters. The second-order valence-electron chi connectivity index (χ2n) is 5.82. The highest BCUT2D eigenvalue weighted by molar-refractivity contribution is 5.93. The number of hydrogen-bond acceptors (Lipinski definition) is 3. The molecule has 130 valence electrons. The molecule has 3 rings (SSSR count). The summed E-state index contributed by atoms with van der Waals surface area (Å²) in [6, 6.07) is 15.2. The Morgan fingerprint density at radius 3 is 2.76 bits per heavy atom. The molecule has 0 atom stereocenters. The fourth-order valence-electron chi connectivity index (χ4n) is 2.58. The summed E-state index contributed by atoms with van der Waals surface area (Å²) >= 11 is 0. The van der Waals surface area contributed by atoms with Crippen LogP contribution in [0.15, 0.2) is 48.5 Å². The molecule has 0 aromatic heterocycles. The zero-order valence-corrected chi connectivity index (χ0v) is 13.9. The zero-order chi connectivity index (χ0) is 17.5. The summed E-state index contributed by atoms with van der Waals surface area (Å²) in [6.45, 7) is 1.39. The summed E-state index contributed by atoms with van der Waals surface area (Å²) in [5.41, 5.74) is 2.76. The molecule has 0 saturated heterocycles. The first-order valence-electron chi connectivity index (χ1n) is 8.32. The van der Waals surface area contributed by atoms with E-state index in [1.807, 2.05) is 48.5 Å². The lowest BCUT2D eigenvalue weighted by atomic mass is 10.1. The van der Waals surface area contributed by atoms with Gasteiger partial charge in [0.25, 0.3) is 0 Å². The number of fused-ring (bicyclic) bond motifs is 1. The van der Waals surface area contributed by atoms with Crippen molar-refractivity contribution in [2.45, 2.75) is 19.4 Å². The van der Waals surface area contributed by atoms with Crippen molar-refractivity contribution in [2.75, 3.05) is 18.5 Å². The topological polar surface area (TPSA) is 79.5 Å². The van der Waals surface area contributed by atoms with E-state index >= 15 is 0 Å². The maximum absolute atomic E-state index is 11.8. The Kier molecular flexibility index (Phi) is 5.51. The molecule has 0 fully saturated rings. The molecule has 1 heterocycles. The predicted molar refractivity (Wildman–Crippen MR) is 95.6 cm³/mol. The minimum Gasteiger partial charge on any atom is -0.491 e. The van der Waals surface area contributed by atoms with E-state index in [9.17, 15) is 9.59 Å². The van der Waals surface area contributed by atoms with Gasteiger partial charge in [0.2, 0.25) is 5.91 Å². The maximum Gasteiger partial charge on any atom is 0.315 e. The van der Waals surface area contributed by atoms with E-state index in [1.54, 1.807) is 0 Å². The van der Waals surface area contributed by atoms with Gasteiger partial charge < -0.3 is 20.7 Å². The van der Waals surface area contributed by atoms with Crippen LogP contribution in [0.25, 0.3) is 0 Å². The van der Waals surface area contributed by atoms with Gasteiger partial charge in [-0.3, -0.25) is 4.79 Å². The van der Waals surface area contributed by atoms with Gasteiger partial charge in [0.15, 0.2) is 0 Å². The van der Waals surface area contributed by atoms with Crippen LogP contribution in [0.1, 0.15) is 17.5 Å². The van der Waals surface area contributed by atoms with E-state index in [1.165, 1.54) is 0 Å². The molecular weight excluding hydrogens is 318 g/mol. The fourth-order valence-corrected chi connectivity index (χ4v) is 2.58. The zero-order valence-electron chi connectivity index (χ0n) is 13.9. The van der Waals surface area contributed by atoms with Crippen LogP contribution in [0.4, 0.5) is 10.5 Å². The Bertz CT molecular complexity index is 747. The third kappa shape index (κ3) is 4.97. The molecule has 2 aromatic carbocycles. The number of carbonyl (C=O) groups excluding carboxylic acids is 2. The van der Waals surface area contributed by atoms with Crippen molar-refractivity contribution in [1.82, 2.24) is 10.6 Å². The molecule has 1 aliphatic rings. The van der Waals surface area contributed by atoms with Gasteiger partial charge in [0.05, 0.1) is 18.7 Å². The van der Waals surface area contributed by atoms with Crippen LogP contribution in [0, 0.1) is 0 Å². The molecule has 0 aliphatic carbocycles. The second-order valence-corrected chi connectivity index (χ2v) is 5.82. The van der Waals surface area contributed by atoms with Gasteiger partial charge in [0.1, 0.15) is 5.75 Å². The molecule has 25 heavy (non-hydrogen) atoms. The van der Waals surface area contributed by atoms with E-state index in [4.69, 9.17) is 4.74 Å². The van der Waals surface area contributed by atoms with Crippen molar-refractivity contribution in [1.29, 1.82) is 0 Å². The molecule has 0 radical (unpaired) electrons. The number of rotatable bonds is 5. The molecule has 3 N–H and O–H groups in total. The van der Waals surface area contributed by atoms with Crippen LogP contribution in [-0.2, 0) is 17.8 Å². The number of ether oxygens (including phenoxy) is 1. The van der Waals surface area contributed by atoms with Gasteiger partial charge in [-0.15, -0.1) is 0 Å². The van der Waals surface area contributed by atoms with Crippen molar-refractivity contribution in [3.63, 3.8) is 0 Å². The number of nitrogens with one attached hydrogen (secondary N) is 3. The molecule has 2 aromatic rings. The standard InChI is InChI=1S/C19H21N3O3/c23-18-9-11-25-17-7-6-14(12-16(17)22-18)8-10-20-19(24)21-13-15-4-2-1-3-5-15/h1-7,12H,8-11,13H2,(H,22,23)(H2,20,21,24). The molecule has 3 amide bonds. The quantitative estimate of drug-likeness (QED) is 0.783. The normalized spacial score (nSPS) is 13.0. The van der Waals surface area contributed by atoms with Gasteiger partial charge >= 0.3 is 6.03 Å². The van der Waals surface area contributed by atoms with Crippen LogP contribution < -0.4 is 20.7 Å². The van der Waals surface area contributed by atoms with Crippen LogP contribution in [0.5, 0.6) is 5.75 Å². The van der Waals surface area contributed by atoms with E-state index < -0.39 is 0 Å². The second kappa shape index (κ2) is 8.19. The number of amides is 3. The smallest absolute Gasteiger partial charge is 0.315 e. The SMILES string of the molecule is O=C1CCOc2ccc(CCNC(=O)NCc3ccccc3)cc2N1. The largest absolute Gasteiger partial charge is 0.491 e. The first-order valence-corrected chi connectivity index (χ1v) is 8.32. The average Bonchev–Trinajstić information content (AvgIpc) is 2.81. The first-order chi connectivity index (χ1) is 12.2. The Morgan fingerprint density at radius 2 is 1.92 bits per heavy atom. The number of anilines is 1. The monoisotopic (exact) mass is 339 g/mol. The summed E-state index contributed by atoms with van der Waals surface area (Å²) in [5.74, 6) is 0.637. The van der Waals surface area contributed by atoms with Gasteiger partial charge in [-0.2, -0.15) is 0 Å². The van der Waals surface area contributed by atoms with Gasteiger partial charge in [-0.1, -0.05) is 36.4 Å². The third-order valence-corrected chi connectivity index (χ3v) is 3.90. The Morgan fingerprint density at radius 1 is 1.08 bits per heavy atom. The number of carbonyl (C=O) groups is 2. The minimum atomic E-state index is -0.199. The number of benzene rings is 2. The molecule has 6 nitrogen and oxygen atoms in total. The summed E-state index contributed by atoms with van der Waals surface area (Å²) in [6.07, 6.45) is 1.02. The van der Waals surface area contributed by atoms with Crippen LogP contribution in [0.3, 0.4) is 0 Å². The lowest BCUT2D eigenvalue weighted by molar-refractivity contribution is -0.116. The van der Waals surface area contributed by atoms with Gasteiger partial charge in [-0.05, 0) is 29.7 Å². The van der Waals surface area contributed by atoms with Crippen molar-refractivity contribution < 1.29 is 14.3 Å². The van der Waals surface area contributed by atoms with E-state index in [-0.39, 0.29) is 11.9 Å². The minimum absolute atomic E-state index is 0.0469. The number of urea groups is 1. The summed E-state index contributed by atoms with van der Waals surface area (Å²) in [4.78, 5) is 23.4. The highest BCUT2D eigenvalue weighted by Gasteiger charge is 2.14. The molecule has 0 bridgehead atoms. The van der Waals surface area contributed by atoms with Crippen LogP contribution >= 0.6 is 0 Å². The van der Waals surface area contributed by atoms with E-state index in [0.29, 0.717) is 44.0 Å². The lowest BCUT2D eigenvalue weighted by Crippen LogP contribution is -2.36.